The fourth-order valence-electron chi connectivity index (χ4n) is 2.83. The Morgan fingerprint density at radius 2 is 2.08 bits per heavy atom. The number of amides is 1. The van der Waals surface area contributed by atoms with E-state index >= 15 is 0 Å². The van der Waals surface area contributed by atoms with Gasteiger partial charge in [-0.25, -0.2) is 0 Å². The van der Waals surface area contributed by atoms with Gasteiger partial charge in [-0.2, -0.15) is 16.3 Å². The quantitative estimate of drug-likeness (QED) is 0.846. The SMILES string of the molecule is O=C(CN1CCN(Cc2nc(-c3ccsc3)no2)CC1)NC1CC1. The topological polar surface area (TPSA) is 74.5 Å². The molecule has 0 atom stereocenters. The molecule has 1 saturated carbocycles. The zero-order valence-electron chi connectivity index (χ0n) is 13.5. The van der Waals surface area contributed by atoms with E-state index in [9.17, 15) is 4.79 Å². The molecule has 4 rings (SSSR count). The third kappa shape index (κ3) is 4.00. The number of thiophene rings is 1. The van der Waals surface area contributed by atoms with E-state index < -0.39 is 0 Å². The van der Waals surface area contributed by atoms with E-state index in [1.165, 1.54) is 0 Å². The van der Waals surface area contributed by atoms with Gasteiger partial charge in [-0.1, -0.05) is 5.16 Å². The number of aromatic nitrogens is 2. The molecule has 2 aliphatic rings. The van der Waals surface area contributed by atoms with Gasteiger partial charge < -0.3 is 9.84 Å². The van der Waals surface area contributed by atoms with E-state index in [0.29, 0.717) is 30.8 Å². The molecule has 7 nitrogen and oxygen atoms in total. The maximum Gasteiger partial charge on any atom is 0.241 e. The van der Waals surface area contributed by atoms with Gasteiger partial charge in [-0.3, -0.25) is 14.6 Å². The molecule has 2 aromatic rings. The van der Waals surface area contributed by atoms with Crippen LogP contribution >= 0.6 is 11.3 Å². The maximum atomic E-state index is 11.9. The first-order valence-electron chi connectivity index (χ1n) is 8.35. The minimum absolute atomic E-state index is 0.156. The molecule has 1 amide bonds. The van der Waals surface area contributed by atoms with Crippen LogP contribution in [0.4, 0.5) is 0 Å². The predicted octanol–water partition coefficient (Wildman–Crippen LogP) is 1.19. The fourth-order valence-corrected chi connectivity index (χ4v) is 3.46. The van der Waals surface area contributed by atoms with Crippen molar-refractivity contribution in [3.8, 4) is 11.4 Å². The molecular weight excluding hydrogens is 326 g/mol. The van der Waals surface area contributed by atoms with Crippen molar-refractivity contribution in [1.29, 1.82) is 0 Å². The summed E-state index contributed by atoms with van der Waals surface area (Å²) in [7, 11) is 0. The van der Waals surface area contributed by atoms with Crippen LogP contribution in [0, 0.1) is 0 Å². The van der Waals surface area contributed by atoms with Crippen molar-refractivity contribution >= 4 is 17.2 Å². The number of hydrogen-bond donors (Lipinski definition) is 1. The van der Waals surface area contributed by atoms with Crippen molar-refractivity contribution < 1.29 is 9.32 Å². The van der Waals surface area contributed by atoms with E-state index in [1.54, 1.807) is 11.3 Å². The van der Waals surface area contributed by atoms with Crippen LogP contribution in [0.25, 0.3) is 11.4 Å². The van der Waals surface area contributed by atoms with Crippen molar-refractivity contribution in [2.45, 2.75) is 25.4 Å². The van der Waals surface area contributed by atoms with Gasteiger partial charge >= 0.3 is 0 Å². The zero-order valence-corrected chi connectivity index (χ0v) is 14.3. The number of hydrogen-bond acceptors (Lipinski definition) is 7. The van der Waals surface area contributed by atoms with Gasteiger partial charge in [0, 0.05) is 43.2 Å². The largest absolute Gasteiger partial charge is 0.352 e. The van der Waals surface area contributed by atoms with Gasteiger partial charge in [-0.05, 0) is 24.3 Å². The maximum absolute atomic E-state index is 11.9. The summed E-state index contributed by atoms with van der Waals surface area (Å²) in [6.45, 7) is 4.78. The number of nitrogens with one attached hydrogen (secondary N) is 1. The summed E-state index contributed by atoms with van der Waals surface area (Å²) in [5, 5.41) is 11.1. The van der Waals surface area contributed by atoms with Crippen molar-refractivity contribution in [2.24, 2.45) is 0 Å². The standard InChI is InChI=1S/C16H21N5O2S/c22-14(17-13-1-2-13)9-20-4-6-21(7-5-20)10-15-18-16(19-23-15)12-3-8-24-11-12/h3,8,11,13H,1-2,4-7,9-10H2,(H,17,22). The molecule has 128 valence electrons. The third-order valence-corrected chi connectivity index (χ3v) is 5.06. The molecule has 0 spiro atoms. The molecule has 0 radical (unpaired) electrons. The van der Waals surface area contributed by atoms with Crippen LogP contribution in [0.2, 0.25) is 0 Å². The average Bonchev–Trinajstić information content (AvgIpc) is 3.04. The van der Waals surface area contributed by atoms with E-state index in [2.05, 4.69) is 25.3 Å². The molecule has 3 heterocycles. The smallest absolute Gasteiger partial charge is 0.241 e. The first-order valence-corrected chi connectivity index (χ1v) is 9.30. The molecule has 0 bridgehead atoms. The fraction of sp³-hybridized carbons (Fsp3) is 0.562. The first kappa shape index (κ1) is 15.7. The monoisotopic (exact) mass is 347 g/mol. The normalized spacial score (nSPS) is 19.5. The number of piperazine rings is 1. The molecule has 2 aromatic heterocycles. The van der Waals surface area contributed by atoms with Gasteiger partial charge in [0.1, 0.15) is 0 Å². The van der Waals surface area contributed by atoms with Gasteiger partial charge in [0.25, 0.3) is 0 Å². The molecule has 2 fully saturated rings. The highest BCUT2D eigenvalue weighted by Crippen LogP contribution is 2.20. The van der Waals surface area contributed by atoms with Crippen LogP contribution in [0.5, 0.6) is 0 Å². The second-order valence-electron chi connectivity index (χ2n) is 6.42. The Labute approximate surface area is 144 Å². The average molecular weight is 347 g/mol. The molecule has 1 saturated heterocycles. The summed E-state index contributed by atoms with van der Waals surface area (Å²) >= 11 is 1.62. The van der Waals surface area contributed by atoms with E-state index in [4.69, 9.17) is 4.52 Å². The zero-order chi connectivity index (χ0) is 16.4. The summed E-state index contributed by atoms with van der Waals surface area (Å²) in [5.74, 6) is 1.46. The number of carbonyl (C=O) groups excluding carboxylic acids is 1. The van der Waals surface area contributed by atoms with Crippen LogP contribution < -0.4 is 5.32 Å². The highest BCUT2D eigenvalue weighted by molar-refractivity contribution is 7.08. The number of carbonyl (C=O) groups is 1. The summed E-state index contributed by atoms with van der Waals surface area (Å²) in [6, 6.07) is 2.43. The van der Waals surface area contributed by atoms with E-state index in [-0.39, 0.29) is 5.91 Å². The molecular formula is C16H21N5O2S. The second kappa shape index (κ2) is 7.00. The van der Waals surface area contributed by atoms with Gasteiger partial charge in [-0.15, -0.1) is 0 Å². The lowest BCUT2D eigenvalue weighted by molar-refractivity contribution is -0.122. The second-order valence-corrected chi connectivity index (χ2v) is 7.20. The molecule has 24 heavy (non-hydrogen) atoms. The van der Waals surface area contributed by atoms with E-state index in [0.717, 1.165) is 44.6 Å². The van der Waals surface area contributed by atoms with Gasteiger partial charge in [0.05, 0.1) is 13.1 Å². The van der Waals surface area contributed by atoms with Crippen LogP contribution in [0.3, 0.4) is 0 Å². The summed E-state index contributed by atoms with van der Waals surface area (Å²) in [6.07, 6.45) is 2.27. The first-order chi connectivity index (χ1) is 11.8. The van der Waals surface area contributed by atoms with Crippen molar-refractivity contribution in [3.63, 3.8) is 0 Å². The summed E-state index contributed by atoms with van der Waals surface area (Å²) in [4.78, 5) is 20.8. The van der Waals surface area contributed by atoms with Crippen LogP contribution in [-0.2, 0) is 11.3 Å². The van der Waals surface area contributed by atoms with Crippen molar-refractivity contribution in [1.82, 2.24) is 25.3 Å². The summed E-state index contributed by atoms with van der Waals surface area (Å²) in [5.41, 5.74) is 1.00. The molecule has 1 aliphatic heterocycles. The Morgan fingerprint density at radius 1 is 1.29 bits per heavy atom. The summed E-state index contributed by atoms with van der Waals surface area (Å²) < 4.78 is 5.36. The lowest BCUT2D eigenvalue weighted by Crippen LogP contribution is -2.49. The van der Waals surface area contributed by atoms with Crippen LogP contribution in [-0.4, -0.2) is 64.6 Å². The van der Waals surface area contributed by atoms with Crippen molar-refractivity contribution in [3.05, 3.63) is 22.7 Å². The Bertz CT molecular complexity index is 674. The molecule has 1 N–H and O–H groups in total. The number of nitrogens with zero attached hydrogens (tertiary/aromatic N) is 4. The highest BCUT2D eigenvalue weighted by Gasteiger charge is 2.25. The molecule has 8 heteroatoms. The van der Waals surface area contributed by atoms with E-state index in [1.807, 2.05) is 16.8 Å². The molecule has 0 unspecified atom stereocenters. The number of rotatable bonds is 6. The minimum atomic E-state index is 0.156. The lowest BCUT2D eigenvalue weighted by atomic mass is 10.3. The van der Waals surface area contributed by atoms with Crippen LogP contribution in [0.15, 0.2) is 21.3 Å². The Balaban J connectivity index is 1.23. The van der Waals surface area contributed by atoms with Gasteiger partial charge in [0.15, 0.2) is 0 Å². The van der Waals surface area contributed by atoms with Gasteiger partial charge in [0.2, 0.25) is 17.6 Å². The third-order valence-electron chi connectivity index (χ3n) is 4.38. The van der Waals surface area contributed by atoms with Crippen molar-refractivity contribution in [2.75, 3.05) is 32.7 Å². The Kier molecular flexibility index (Phi) is 4.59. The van der Waals surface area contributed by atoms with Crippen LogP contribution in [0.1, 0.15) is 18.7 Å². The lowest BCUT2D eigenvalue weighted by Gasteiger charge is -2.33. The molecule has 0 aromatic carbocycles. The highest BCUT2D eigenvalue weighted by atomic mass is 32.1. The molecule has 1 aliphatic carbocycles. The Hall–Kier alpha value is -1.77. The minimum Gasteiger partial charge on any atom is -0.352 e. The predicted molar refractivity (Wildman–Crippen MR) is 90.5 cm³/mol. The Morgan fingerprint density at radius 3 is 2.79 bits per heavy atom.